The summed E-state index contributed by atoms with van der Waals surface area (Å²) < 4.78 is 0. The van der Waals surface area contributed by atoms with Crippen molar-refractivity contribution in [2.24, 2.45) is 0 Å². The summed E-state index contributed by atoms with van der Waals surface area (Å²) in [7, 11) is 0. The summed E-state index contributed by atoms with van der Waals surface area (Å²) >= 11 is 0. The minimum absolute atomic E-state index is 0.120. The molecule has 15 heavy (non-hydrogen) atoms. The SMILES string of the molecule is CCCCc1ccc(C(=O)CC)c(N)c1. The Kier molecular flexibility index (Phi) is 4.35. The Hall–Kier alpha value is -1.31. The predicted octanol–water partition coefficient (Wildman–Crippen LogP) is 3.20. The summed E-state index contributed by atoms with van der Waals surface area (Å²) in [6.45, 7) is 4.02. The van der Waals surface area contributed by atoms with Gasteiger partial charge in [-0.05, 0) is 30.5 Å². The maximum atomic E-state index is 11.5. The van der Waals surface area contributed by atoms with E-state index >= 15 is 0 Å². The second-order valence-electron chi connectivity index (χ2n) is 3.80. The van der Waals surface area contributed by atoms with Gasteiger partial charge in [0.25, 0.3) is 0 Å². The number of rotatable bonds is 5. The predicted molar refractivity (Wildman–Crippen MR) is 64.1 cm³/mol. The summed E-state index contributed by atoms with van der Waals surface area (Å²) in [4.78, 5) is 11.5. The van der Waals surface area contributed by atoms with E-state index in [4.69, 9.17) is 5.73 Å². The minimum atomic E-state index is 0.120. The van der Waals surface area contributed by atoms with Crippen molar-refractivity contribution in [1.29, 1.82) is 0 Å². The van der Waals surface area contributed by atoms with Crippen LogP contribution in [0.15, 0.2) is 18.2 Å². The highest BCUT2D eigenvalue weighted by molar-refractivity contribution is 6.00. The van der Waals surface area contributed by atoms with Crippen LogP contribution < -0.4 is 5.73 Å². The largest absolute Gasteiger partial charge is 0.398 e. The smallest absolute Gasteiger partial charge is 0.164 e. The molecule has 0 atom stereocenters. The summed E-state index contributed by atoms with van der Waals surface area (Å²) in [6.07, 6.45) is 3.90. The summed E-state index contributed by atoms with van der Waals surface area (Å²) in [5, 5.41) is 0. The third-order valence-corrected chi connectivity index (χ3v) is 2.56. The summed E-state index contributed by atoms with van der Waals surface area (Å²) in [6, 6.07) is 5.79. The van der Waals surface area contributed by atoms with E-state index < -0.39 is 0 Å². The van der Waals surface area contributed by atoms with Gasteiger partial charge in [0.15, 0.2) is 5.78 Å². The Labute approximate surface area is 91.5 Å². The average molecular weight is 205 g/mol. The van der Waals surface area contributed by atoms with Crippen LogP contribution in [0.2, 0.25) is 0 Å². The zero-order valence-corrected chi connectivity index (χ0v) is 9.55. The Balaban J connectivity index is 2.83. The average Bonchev–Trinajstić information content (AvgIpc) is 2.25. The van der Waals surface area contributed by atoms with E-state index in [0.717, 1.165) is 6.42 Å². The van der Waals surface area contributed by atoms with Crippen molar-refractivity contribution in [3.63, 3.8) is 0 Å². The molecule has 0 saturated heterocycles. The number of nitrogen functional groups attached to an aromatic ring is 1. The molecule has 2 heteroatoms. The quantitative estimate of drug-likeness (QED) is 0.592. The second kappa shape index (κ2) is 5.54. The van der Waals surface area contributed by atoms with Crippen LogP contribution in [-0.4, -0.2) is 5.78 Å². The van der Waals surface area contributed by atoms with Gasteiger partial charge in [-0.25, -0.2) is 0 Å². The van der Waals surface area contributed by atoms with Gasteiger partial charge in [-0.3, -0.25) is 4.79 Å². The number of Topliss-reactive ketones (excluding diaryl/α,β-unsaturated/α-hetero) is 1. The van der Waals surface area contributed by atoms with Crippen molar-refractivity contribution >= 4 is 11.5 Å². The number of nitrogens with two attached hydrogens (primary N) is 1. The van der Waals surface area contributed by atoms with Crippen LogP contribution >= 0.6 is 0 Å². The fourth-order valence-electron chi connectivity index (χ4n) is 1.59. The molecule has 2 N–H and O–H groups in total. The monoisotopic (exact) mass is 205 g/mol. The first-order valence-electron chi connectivity index (χ1n) is 5.60. The normalized spacial score (nSPS) is 10.3. The molecule has 82 valence electrons. The molecule has 0 spiro atoms. The minimum Gasteiger partial charge on any atom is -0.398 e. The molecule has 0 unspecified atom stereocenters. The van der Waals surface area contributed by atoms with Crippen molar-refractivity contribution in [3.05, 3.63) is 29.3 Å². The van der Waals surface area contributed by atoms with Crippen molar-refractivity contribution in [1.82, 2.24) is 0 Å². The molecular weight excluding hydrogens is 186 g/mol. The lowest BCUT2D eigenvalue weighted by atomic mass is 10.0. The van der Waals surface area contributed by atoms with Gasteiger partial charge in [0.1, 0.15) is 0 Å². The highest BCUT2D eigenvalue weighted by atomic mass is 16.1. The number of benzene rings is 1. The van der Waals surface area contributed by atoms with Crippen LogP contribution in [-0.2, 0) is 6.42 Å². The third kappa shape index (κ3) is 3.08. The lowest BCUT2D eigenvalue weighted by Gasteiger charge is -2.06. The molecule has 0 heterocycles. The molecule has 1 aromatic carbocycles. The van der Waals surface area contributed by atoms with Crippen molar-refractivity contribution in [3.8, 4) is 0 Å². The zero-order valence-electron chi connectivity index (χ0n) is 9.55. The van der Waals surface area contributed by atoms with E-state index in [-0.39, 0.29) is 5.78 Å². The van der Waals surface area contributed by atoms with Crippen LogP contribution in [0.25, 0.3) is 0 Å². The highest BCUT2D eigenvalue weighted by Crippen LogP contribution is 2.17. The number of hydrogen-bond donors (Lipinski definition) is 1. The fraction of sp³-hybridized carbons (Fsp3) is 0.462. The number of hydrogen-bond acceptors (Lipinski definition) is 2. The van der Waals surface area contributed by atoms with Gasteiger partial charge >= 0.3 is 0 Å². The Morgan fingerprint density at radius 2 is 2.07 bits per heavy atom. The molecule has 0 bridgehead atoms. The van der Waals surface area contributed by atoms with Gasteiger partial charge in [0, 0.05) is 17.7 Å². The van der Waals surface area contributed by atoms with Crippen LogP contribution in [0, 0.1) is 0 Å². The summed E-state index contributed by atoms with van der Waals surface area (Å²) in [5.41, 5.74) is 8.36. The van der Waals surface area contributed by atoms with E-state index in [1.165, 1.54) is 18.4 Å². The number of carbonyl (C=O) groups is 1. The topological polar surface area (TPSA) is 43.1 Å². The molecule has 2 nitrogen and oxygen atoms in total. The first-order valence-corrected chi connectivity index (χ1v) is 5.60. The molecule has 0 fully saturated rings. The first-order chi connectivity index (χ1) is 7.19. The number of ketones is 1. The summed E-state index contributed by atoms with van der Waals surface area (Å²) in [5.74, 6) is 0.120. The molecule has 0 aliphatic heterocycles. The first kappa shape index (κ1) is 11.8. The molecule has 0 aliphatic carbocycles. The zero-order chi connectivity index (χ0) is 11.3. The van der Waals surface area contributed by atoms with Crippen LogP contribution in [0.1, 0.15) is 49.0 Å². The maximum absolute atomic E-state index is 11.5. The molecular formula is C13H19NO. The second-order valence-corrected chi connectivity index (χ2v) is 3.80. The van der Waals surface area contributed by atoms with E-state index in [1.807, 2.05) is 25.1 Å². The molecule has 0 amide bonds. The molecule has 0 radical (unpaired) electrons. The third-order valence-electron chi connectivity index (χ3n) is 2.56. The Morgan fingerprint density at radius 1 is 1.33 bits per heavy atom. The van der Waals surface area contributed by atoms with Crippen LogP contribution in [0.5, 0.6) is 0 Å². The number of aryl methyl sites for hydroxylation is 1. The van der Waals surface area contributed by atoms with Crippen LogP contribution in [0.3, 0.4) is 0 Å². The number of carbonyl (C=O) groups excluding carboxylic acids is 1. The number of unbranched alkanes of at least 4 members (excludes halogenated alkanes) is 1. The van der Waals surface area contributed by atoms with E-state index in [0.29, 0.717) is 17.7 Å². The van der Waals surface area contributed by atoms with Gasteiger partial charge in [0.05, 0.1) is 0 Å². The fourth-order valence-corrected chi connectivity index (χ4v) is 1.59. The standard InChI is InChI=1S/C13H19NO/c1-3-5-6-10-7-8-11(12(14)9-10)13(15)4-2/h7-9H,3-6,14H2,1-2H3. The molecule has 1 aromatic rings. The van der Waals surface area contributed by atoms with Gasteiger partial charge < -0.3 is 5.73 Å². The molecule has 1 rings (SSSR count). The van der Waals surface area contributed by atoms with Gasteiger partial charge in [-0.1, -0.05) is 26.3 Å². The van der Waals surface area contributed by atoms with Gasteiger partial charge in [0.2, 0.25) is 0 Å². The van der Waals surface area contributed by atoms with E-state index in [2.05, 4.69) is 6.92 Å². The Morgan fingerprint density at radius 3 is 2.60 bits per heavy atom. The van der Waals surface area contributed by atoms with E-state index in [1.54, 1.807) is 0 Å². The lowest BCUT2D eigenvalue weighted by molar-refractivity contribution is 0.0989. The Bertz CT molecular complexity index is 344. The number of anilines is 1. The molecule has 0 saturated carbocycles. The highest BCUT2D eigenvalue weighted by Gasteiger charge is 2.07. The molecule has 0 aromatic heterocycles. The van der Waals surface area contributed by atoms with Gasteiger partial charge in [-0.2, -0.15) is 0 Å². The maximum Gasteiger partial charge on any atom is 0.164 e. The lowest BCUT2D eigenvalue weighted by Crippen LogP contribution is -2.03. The van der Waals surface area contributed by atoms with Crippen molar-refractivity contribution in [2.75, 3.05) is 5.73 Å². The van der Waals surface area contributed by atoms with E-state index in [9.17, 15) is 4.79 Å². The van der Waals surface area contributed by atoms with Gasteiger partial charge in [-0.15, -0.1) is 0 Å². The van der Waals surface area contributed by atoms with Crippen molar-refractivity contribution in [2.45, 2.75) is 39.5 Å². The molecule has 0 aliphatic rings. The van der Waals surface area contributed by atoms with Crippen LogP contribution in [0.4, 0.5) is 5.69 Å². The van der Waals surface area contributed by atoms with Crippen molar-refractivity contribution < 1.29 is 4.79 Å².